The summed E-state index contributed by atoms with van der Waals surface area (Å²) in [5.41, 5.74) is 4.67. The van der Waals surface area contributed by atoms with Gasteiger partial charge in [0.1, 0.15) is 0 Å². The number of hydrogen-bond acceptors (Lipinski definition) is 2. The molecule has 4 nitrogen and oxygen atoms in total. The van der Waals surface area contributed by atoms with Crippen molar-refractivity contribution in [2.75, 3.05) is 0 Å². The maximum Gasteiger partial charge on any atom is 0.250 e. The summed E-state index contributed by atoms with van der Waals surface area (Å²) in [6.07, 6.45) is 5.07. The molecule has 2 heterocycles. The van der Waals surface area contributed by atoms with Crippen molar-refractivity contribution in [2.45, 2.75) is 25.8 Å². The van der Waals surface area contributed by atoms with Crippen LogP contribution in [0.4, 0.5) is 0 Å². The Bertz CT molecular complexity index is 912. The van der Waals surface area contributed by atoms with Gasteiger partial charge in [-0.3, -0.25) is 4.79 Å². The molecule has 3 aromatic rings. The summed E-state index contributed by atoms with van der Waals surface area (Å²) in [6, 6.07) is 13.6. The quantitative estimate of drug-likeness (QED) is 0.710. The van der Waals surface area contributed by atoms with E-state index in [4.69, 9.17) is 5.10 Å². The van der Waals surface area contributed by atoms with Gasteiger partial charge in [-0.15, -0.1) is 0 Å². The Morgan fingerprint density at radius 1 is 1.09 bits per heavy atom. The molecule has 1 aliphatic carbocycles. The Balaban J connectivity index is 1.78. The van der Waals surface area contributed by atoms with Gasteiger partial charge in [-0.25, -0.2) is 4.68 Å². The van der Waals surface area contributed by atoms with Crippen LogP contribution in [0.2, 0.25) is 0 Å². The number of fused-ring (bicyclic) bond motifs is 1. The van der Waals surface area contributed by atoms with Gasteiger partial charge in [0.05, 0.1) is 17.9 Å². The number of aromatic nitrogens is 3. The molecule has 0 fully saturated rings. The van der Waals surface area contributed by atoms with Gasteiger partial charge >= 0.3 is 0 Å². The summed E-state index contributed by atoms with van der Waals surface area (Å²) in [5, 5.41) is 4.81. The minimum absolute atomic E-state index is 0.00536. The highest BCUT2D eigenvalue weighted by atomic mass is 79.9. The van der Waals surface area contributed by atoms with Crippen LogP contribution < -0.4 is 5.56 Å². The number of pyridine rings is 1. The molecule has 1 aliphatic rings. The van der Waals surface area contributed by atoms with Crippen LogP contribution in [-0.2, 0) is 19.4 Å². The van der Waals surface area contributed by atoms with Crippen LogP contribution in [0.1, 0.15) is 23.4 Å². The molecule has 4 rings (SSSR count). The molecule has 23 heavy (non-hydrogen) atoms. The SMILES string of the molecule is O=c1ccc(Br)cn1Cc1nn(-c2ccccc2)c2c1CCC2. The van der Waals surface area contributed by atoms with E-state index in [1.807, 2.05) is 29.1 Å². The monoisotopic (exact) mass is 369 g/mol. The Hall–Kier alpha value is -2.14. The second-order valence-electron chi connectivity index (χ2n) is 5.79. The fourth-order valence-electron chi connectivity index (χ4n) is 3.21. The predicted molar refractivity (Wildman–Crippen MR) is 93.1 cm³/mol. The first kappa shape index (κ1) is 14.5. The van der Waals surface area contributed by atoms with Crippen LogP contribution in [0.25, 0.3) is 5.69 Å². The number of benzene rings is 1. The summed E-state index contributed by atoms with van der Waals surface area (Å²) < 4.78 is 4.65. The van der Waals surface area contributed by atoms with Gasteiger partial charge in [-0.1, -0.05) is 18.2 Å². The van der Waals surface area contributed by atoms with Gasteiger partial charge in [0.2, 0.25) is 0 Å². The minimum Gasteiger partial charge on any atom is -0.308 e. The summed E-state index contributed by atoms with van der Waals surface area (Å²) in [5.74, 6) is 0. The van der Waals surface area contributed by atoms with E-state index in [-0.39, 0.29) is 5.56 Å². The van der Waals surface area contributed by atoms with Crippen molar-refractivity contribution in [3.8, 4) is 5.69 Å². The number of halogens is 1. The molecule has 2 aromatic heterocycles. The molecule has 0 aliphatic heterocycles. The summed E-state index contributed by atoms with van der Waals surface area (Å²) >= 11 is 3.43. The van der Waals surface area contributed by atoms with Gasteiger partial charge < -0.3 is 4.57 Å². The third-order valence-electron chi connectivity index (χ3n) is 4.28. The highest BCUT2D eigenvalue weighted by molar-refractivity contribution is 9.10. The molecule has 0 spiro atoms. The van der Waals surface area contributed by atoms with E-state index in [2.05, 4.69) is 28.1 Å². The van der Waals surface area contributed by atoms with E-state index >= 15 is 0 Å². The summed E-state index contributed by atoms with van der Waals surface area (Å²) in [7, 11) is 0. The van der Waals surface area contributed by atoms with Crippen molar-refractivity contribution in [3.05, 3.63) is 80.4 Å². The van der Waals surface area contributed by atoms with Crippen molar-refractivity contribution in [1.82, 2.24) is 14.3 Å². The number of rotatable bonds is 3. The summed E-state index contributed by atoms with van der Waals surface area (Å²) in [6.45, 7) is 0.514. The fourth-order valence-corrected chi connectivity index (χ4v) is 3.59. The average molecular weight is 370 g/mol. The van der Waals surface area contributed by atoms with Crippen molar-refractivity contribution >= 4 is 15.9 Å². The zero-order valence-corrected chi connectivity index (χ0v) is 14.2. The minimum atomic E-state index is -0.00536. The van der Waals surface area contributed by atoms with E-state index in [9.17, 15) is 4.79 Å². The maximum absolute atomic E-state index is 12.1. The van der Waals surface area contributed by atoms with Crippen molar-refractivity contribution < 1.29 is 0 Å². The second-order valence-corrected chi connectivity index (χ2v) is 6.70. The first-order valence-corrected chi connectivity index (χ1v) is 8.53. The van der Waals surface area contributed by atoms with Crippen molar-refractivity contribution in [1.29, 1.82) is 0 Å². The molecule has 0 atom stereocenters. The molecule has 0 saturated carbocycles. The summed E-state index contributed by atoms with van der Waals surface area (Å²) in [4.78, 5) is 12.1. The first-order valence-electron chi connectivity index (χ1n) is 7.73. The van der Waals surface area contributed by atoms with Crippen molar-refractivity contribution in [3.63, 3.8) is 0 Å². The topological polar surface area (TPSA) is 39.8 Å². The number of para-hydroxylation sites is 1. The predicted octanol–water partition coefficient (Wildman–Crippen LogP) is 3.33. The number of nitrogens with zero attached hydrogens (tertiary/aromatic N) is 3. The molecule has 0 radical (unpaired) electrons. The highest BCUT2D eigenvalue weighted by Gasteiger charge is 2.23. The third-order valence-corrected chi connectivity index (χ3v) is 4.75. The van der Waals surface area contributed by atoms with Crippen LogP contribution in [0.5, 0.6) is 0 Å². The normalized spacial score (nSPS) is 13.3. The lowest BCUT2D eigenvalue weighted by molar-refractivity contribution is 0.696. The van der Waals surface area contributed by atoms with Crippen LogP contribution in [-0.4, -0.2) is 14.3 Å². The Morgan fingerprint density at radius 3 is 2.74 bits per heavy atom. The lowest BCUT2D eigenvalue weighted by Gasteiger charge is -2.06. The van der Waals surface area contributed by atoms with Crippen LogP contribution in [0.15, 0.2) is 57.9 Å². The lowest BCUT2D eigenvalue weighted by Crippen LogP contribution is -2.19. The van der Waals surface area contributed by atoms with Crippen molar-refractivity contribution in [2.24, 2.45) is 0 Å². The van der Waals surface area contributed by atoms with Gasteiger partial charge in [0.15, 0.2) is 0 Å². The zero-order chi connectivity index (χ0) is 15.8. The van der Waals surface area contributed by atoms with Gasteiger partial charge in [-0.2, -0.15) is 5.10 Å². The molecular formula is C18H16BrN3O. The van der Waals surface area contributed by atoms with E-state index < -0.39 is 0 Å². The smallest absolute Gasteiger partial charge is 0.250 e. The van der Waals surface area contributed by atoms with Gasteiger partial charge in [-0.05, 0) is 59.0 Å². The van der Waals surface area contributed by atoms with Crippen LogP contribution in [0.3, 0.4) is 0 Å². The highest BCUT2D eigenvalue weighted by Crippen LogP contribution is 2.28. The standard InChI is InChI=1S/C18H16BrN3O/c19-13-9-10-18(23)21(11-13)12-16-15-7-4-8-17(15)22(20-16)14-5-2-1-3-6-14/h1-3,5-6,9-11H,4,7-8,12H2. The zero-order valence-electron chi connectivity index (χ0n) is 12.6. The Kier molecular flexibility index (Phi) is 3.65. The molecule has 0 unspecified atom stereocenters. The van der Waals surface area contributed by atoms with Crippen LogP contribution in [0, 0.1) is 0 Å². The van der Waals surface area contributed by atoms with E-state index in [0.717, 1.165) is 35.1 Å². The molecule has 0 bridgehead atoms. The lowest BCUT2D eigenvalue weighted by atomic mass is 10.2. The Morgan fingerprint density at radius 2 is 1.91 bits per heavy atom. The molecule has 1 aromatic carbocycles. The molecule has 0 amide bonds. The van der Waals surface area contributed by atoms with E-state index in [1.165, 1.54) is 11.3 Å². The van der Waals surface area contributed by atoms with E-state index in [0.29, 0.717) is 6.54 Å². The molecule has 0 saturated heterocycles. The van der Waals surface area contributed by atoms with Gasteiger partial charge in [0.25, 0.3) is 5.56 Å². The largest absolute Gasteiger partial charge is 0.308 e. The molecule has 116 valence electrons. The van der Waals surface area contributed by atoms with E-state index in [1.54, 1.807) is 16.7 Å². The Labute approximate surface area is 142 Å². The maximum atomic E-state index is 12.1. The second kappa shape index (κ2) is 5.81. The third kappa shape index (κ3) is 2.65. The van der Waals surface area contributed by atoms with Crippen LogP contribution >= 0.6 is 15.9 Å². The fraction of sp³-hybridized carbons (Fsp3) is 0.222. The molecule has 0 N–H and O–H groups in total. The molecule has 5 heteroatoms. The average Bonchev–Trinajstić information content (AvgIpc) is 3.15. The number of hydrogen-bond donors (Lipinski definition) is 0. The molecular weight excluding hydrogens is 354 g/mol. The first-order chi connectivity index (χ1) is 11.2. The van der Waals surface area contributed by atoms with Gasteiger partial charge in [0, 0.05) is 22.4 Å².